The molecule has 3 aromatic rings. The number of amides is 1. The van der Waals surface area contributed by atoms with Crippen molar-refractivity contribution in [2.45, 2.75) is 26.4 Å². The predicted molar refractivity (Wildman–Crippen MR) is 97.9 cm³/mol. The third kappa shape index (κ3) is 2.78. The maximum Gasteiger partial charge on any atom is 0.253 e. The molecule has 0 bridgehead atoms. The van der Waals surface area contributed by atoms with Gasteiger partial charge in [-0.05, 0) is 32.4 Å². The molecule has 1 aliphatic heterocycles. The number of aryl methyl sites for hydroxylation is 2. The highest BCUT2D eigenvalue weighted by Gasteiger charge is 2.33. The number of H-pyrrole nitrogens is 1. The van der Waals surface area contributed by atoms with Gasteiger partial charge in [-0.3, -0.25) is 9.48 Å². The van der Waals surface area contributed by atoms with E-state index in [9.17, 15) is 4.79 Å². The summed E-state index contributed by atoms with van der Waals surface area (Å²) in [6.07, 6.45) is 4.33. The zero-order valence-corrected chi connectivity index (χ0v) is 15.2. The van der Waals surface area contributed by atoms with Crippen LogP contribution in [0.15, 0.2) is 24.5 Å². The van der Waals surface area contributed by atoms with Crippen LogP contribution in [0, 0.1) is 19.8 Å². The third-order valence-corrected chi connectivity index (χ3v) is 5.28. The van der Waals surface area contributed by atoms with Gasteiger partial charge in [0.2, 0.25) is 0 Å². The number of hydrogen-bond donors (Lipinski definition) is 2. The van der Waals surface area contributed by atoms with Crippen LogP contribution >= 0.6 is 0 Å². The fourth-order valence-corrected chi connectivity index (χ4v) is 3.83. The van der Waals surface area contributed by atoms with E-state index in [1.54, 1.807) is 12.4 Å². The second kappa shape index (κ2) is 6.57. The molecule has 0 spiro atoms. The summed E-state index contributed by atoms with van der Waals surface area (Å²) < 4.78 is 7.89. The van der Waals surface area contributed by atoms with Crippen molar-refractivity contribution in [1.82, 2.24) is 25.1 Å². The van der Waals surface area contributed by atoms with Crippen molar-refractivity contribution >= 4 is 16.9 Å². The molecule has 2 atom stereocenters. The molecule has 26 heavy (non-hydrogen) atoms. The Balaban J connectivity index is 1.49. The van der Waals surface area contributed by atoms with Crippen molar-refractivity contribution in [2.24, 2.45) is 13.0 Å². The van der Waals surface area contributed by atoms with E-state index in [1.807, 2.05) is 30.8 Å². The Bertz CT molecular complexity index is 958. The average molecular weight is 353 g/mol. The summed E-state index contributed by atoms with van der Waals surface area (Å²) in [5.41, 5.74) is 4.61. The van der Waals surface area contributed by atoms with Crippen molar-refractivity contribution in [1.29, 1.82) is 0 Å². The van der Waals surface area contributed by atoms with Gasteiger partial charge < -0.3 is 15.0 Å². The molecule has 4 heterocycles. The second-order valence-electron chi connectivity index (χ2n) is 6.86. The van der Waals surface area contributed by atoms with Gasteiger partial charge in [-0.1, -0.05) is 0 Å². The molecule has 7 nitrogen and oxygen atoms in total. The summed E-state index contributed by atoms with van der Waals surface area (Å²) in [4.78, 5) is 19.9. The molecule has 3 aromatic heterocycles. The summed E-state index contributed by atoms with van der Waals surface area (Å²) in [6, 6.07) is 3.74. The summed E-state index contributed by atoms with van der Waals surface area (Å²) in [5.74, 6) is 0.151. The van der Waals surface area contributed by atoms with Gasteiger partial charge in [-0.25, -0.2) is 4.98 Å². The molecule has 0 radical (unpaired) electrons. The number of aromatic nitrogens is 4. The first kappa shape index (κ1) is 16.8. The topological polar surface area (TPSA) is 84.8 Å². The van der Waals surface area contributed by atoms with Crippen molar-refractivity contribution in [3.63, 3.8) is 0 Å². The zero-order valence-electron chi connectivity index (χ0n) is 15.2. The molecular weight excluding hydrogens is 330 g/mol. The summed E-state index contributed by atoms with van der Waals surface area (Å²) in [7, 11) is 1.95. The number of rotatable bonds is 4. The van der Waals surface area contributed by atoms with Gasteiger partial charge in [0.05, 0.1) is 17.4 Å². The van der Waals surface area contributed by atoms with Gasteiger partial charge in [0.25, 0.3) is 5.91 Å². The highest BCUT2D eigenvalue weighted by Crippen LogP contribution is 2.37. The Morgan fingerprint density at radius 3 is 3.08 bits per heavy atom. The Hall–Kier alpha value is -2.67. The van der Waals surface area contributed by atoms with E-state index in [1.165, 1.54) is 0 Å². The van der Waals surface area contributed by atoms with Gasteiger partial charge in [0.1, 0.15) is 5.65 Å². The minimum atomic E-state index is -0.0884. The first-order chi connectivity index (χ1) is 12.6. The number of aromatic amines is 1. The van der Waals surface area contributed by atoms with Crippen LogP contribution in [0.4, 0.5) is 0 Å². The van der Waals surface area contributed by atoms with Gasteiger partial charge in [-0.15, -0.1) is 0 Å². The molecule has 4 rings (SSSR count). The molecule has 2 N–H and O–H groups in total. The predicted octanol–water partition coefficient (Wildman–Crippen LogP) is 2.42. The van der Waals surface area contributed by atoms with Crippen LogP contribution in [0.2, 0.25) is 0 Å². The highest BCUT2D eigenvalue weighted by molar-refractivity contribution is 6.05. The van der Waals surface area contributed by atoms with Crippen molar-refractivity contribution in [2.75, 3.05) is 13.2 Å². The minimum absolute atomic E-state index is 0.0198. The highest BCUT2D eigenvalue weighted by atomic mass is 16.5. The summed E-state index contributed by atoms with van der Waals surface area (Å²) >= 11 is 0. The number of nitrogens with zero attached hydrogens (tertiary/aromatic N) is 3. The van der Waals surface area contributed by atoms with E-state index < -0.39 is 0 Å². The number of carbonyl (C=O) groups is 1. The molecular formula is C19H23N5O2. The molecule has 1 aliphatic rings. The largest absolute Gasteiger partial charge is 0.373 e. The quantitative estimate of drug-likeness (QED) is 0.754. The minimum Gasteiger partial charge on any atom is -0.373 e. The van der Waals surface area contributed by atoms with Crippen molar-refractivity contribution < 1.29 is 9.53 Å². The molecule has 136 valence electrons. The van der Waals surface area contributed by atoms with Crippen LogP contribution in [-0.2, 0) is 11.8 Å². The maximum absolute atomic E-state index is 12.6. The molecule has 7 heteroatoms. The third-order valence-electron chi connectivity index (χ3n) is 5.28. The van der Waals surface area contributed by atoms with E-state index >= 15 is 0 Å². The van der Waals surface area contributed by atoms with Gasteiger partial charge in [0.15, 0.2) is 0 Å². The Morgan fingerprint density at radius 2 is 2.31 bits per heavy atom. The van der Waals surface area contributed by atoms with Crippen LogP contribution in [-0.4, -0.2) is 38.8 Å². The molecule has 1 saturated heterocycles. The van der Waals surface area contributed by atoms with E-state index in [0.29, 0.717) is 18.7 Å². The number of carbonyl (C=O) groups excluding carboxylic acids is 1. The molecule has 1 amide bonds. The SMILES string of the molecule is Cc1nn(C)c(C)c1[C@H]1OCC[C@@H]1CNC(=O)c1c[nH]c2ncccc12. The lowest BCUT2D eigenvalue weighted by molar-refractivity contribution is 0.0840. The van der Waals surface area contributed by atoms with Crippen LogP contribution in [0.1, 0.15) is 39.8 Å². The van der Waals surface area contributed by atoms with Crippen LogP contribution in [0.3, 0.4) is 0 Å². The fraction of sp³-hybridized carbons (Fsp3) is 0.421. The number of hydrogen-bond acceptors (Lipinski definition) is 4. The van der Waals surface area contributed by atoms with Crippen LogP contribution in [0.5, 0.6) is 0 Å². The van der Waals surface area contributed by atoms with Gasteiger partial charge in [0, 0.05) is 55.2 Å². The van der Waals surface area contributed by atoms with Gasteiger partial charge >= 0.3 is 0 Å². The normalized spacial score (nSPS) is 20.0. The van der Waals surface area contributed by atoms with E-state index in [4.69, 9.17) is 4.74 Å². The molecule has 0 aliphatic carbocycles. The van der Waals surface area contributed by atoms with E-state index in [0.717, 1.165) is 34.4 Å². The maximum atomic E-state index is 12.6. The van der Waals surface area contributed by atoms with E-state index in [2.05, 4.69) is 27.3 Å². The monoisotopic (exact) mass is 353 g/mol. The Labute approximate surface area is 151 Å². The first-order valence-corrected chi connectivity index (χ1v) is 8.88. The number of nitrogens with one attached hydrogen (secondary N) is 2. The van der Waals surface area contributed by atoms with Crippen molar-refractivity contribution in [3.8, 4) is 0 Å². The summed E-state index contributed by atoms with van der Waals surface area (Å²) in [5, 5.41) is 8.40. The second-order valence-corrected chi connectivity index (χ2v) is 6.86. The summed E-state index contributed by atoms with van der Waals surface area (Å²) in [6.45, 7) is 5.35. The Kier molecular flexibility index (Phi) is 4.24. The lowest BCUT2D eigenvalue weighted by atomic mass is 9.94. The Morgan fingerprint density at radius 1 is 1.46 bits per heavy atom. The van der Waals surface area contributed by atoms with Crippen LogP contribution in [0.25, 0.3) is 11.0 Å². The average Bonchev–Trinajstić information content (AvgIpc) is 3.31. The number of pyridine rings is 1. The first-order valence-electron chi connectivity index (χ1n) is 8.88. The molecule has 0 aromatic carbocycles. The molecule has 0 unspecified atom stereocenters. The number of fused-ring (bicyclic) bond motifs is 1. The van der Waals surface area contributed by atoms with Gasteiger partial charge in [-0.2, -0.15) is 5.10 Å². The van der Waals surface area contributed by atoms with E-state index in [-0.39, 0.29) is 17.9 Å². The smallest absolute Gasteiger partial charge is 0.253 e. The standard InChI is InChI=1S/C19H23N5O2/c1-11-16(12(2)24(3)23-11)17-13(6-8-26-17)9-22-19(25)15-10-21-18-14(15)5-4-7-20-18/h4-5,7,10,13,17H,6,8-9H2,1-3H3,(H,20,21)(H,22,25)/t13-,17+/m1/s1. The zero-order chi connectivity index (χ0) is 18.3. The number of ether oxygens (including phenoxy) is 1. The lowest BCUT2D eigenvalue weighted by Crippen LogP contribution is -2.30. The molecule has 0 saturated carbocycles. The van der Waals surface area contributed by atoms with Crippen LogP contribution < -0.4 is 5.32 Å². The lowest BCUT2D eigenvalue weighted by Gasteiger charge is -2.19. The molecule has 1 fully saturated rings. The van der Waals surface area contributed by atoms with Crippen molar-refractivity contribution in [3.05, 3.63) is 47.0 Å². The fourth-order valence-electron chi connectivity index (χ4n) is 3.83.